The van der Waals surface area contributed by atoms with Crippen LogP contribution in [0.1, 0.15) is 6.42 Å². The Balaban J connectivity index is 1.32. The van der Waals surface area contributed by atoms with Gasteiger partial charge < -0.3 is 24.4 Å². The highest BCUT2D eigenvalue weighted by Crippen LogP contribution is 2.21. The first-order valence-electron chi connectivity index (χ1n) is 11.6. The SMILES string of the molecule is COc1ccc(S(=O)(=O)N[C@@H]2C=C[C@H](CC(=O)N3CCN(c4ccccc4)CC3)O[C@@H]2CO)cc1. The summed E-state index contributed by atoms with van der Waals surface area (Å²) < 4.78 is 39.0. The van der Waals surface area contributed by atoms with Crippen LogP contribution < -0.4 is 14.4 Å². The third-order valence-corrected chi connectivity index (χ3v) is 7.73. The zero-order valence-electron chi connectivity index (χ0n) is 19.6. The minimum absolute atomic E-state index is 0.0266. The molecule has 0 bridgehead atoms. The van der Waals surface area contributed by atoms with Crippen molar-refractivity contribution in [3.8, 4) is 5.75 Å². The molecule has 2 aliphatic rings. The van der Waals surface area contributed by atoms with E-state index in [0.29, 0.717) is 18.8 Å². The van der Waals surface area contributed by atoms with Gasteiger partial charge in [0, 0.05) is 31.9 Å². The highest BCUT2D eigenvalue weighted by atomic mass is 32.2. The van der Waals surface area contributed by atoms with Crippen molar-refractivity contribution in [1.29, 1.82) is 0 Å². The third kappa shape index (κ3) is 6.21. The lowest BCUT2D eigenvalue weighted by Crippen LogP contribution is -2.51. The lowest BCUT2D eigenvalue weighted by molar-refractivity contribution is -0.135. The number of ether oxygens (including phenoxy) is 2. The van der Waals surface area contributed by atoms with Crippen LogP contribution >= 0.6 is 0 Å². The van der Waals surface area contributed by atoms with Crippen LogP contribution in [0.3, 0.4) is 0 Å². The number of piperazine rings is 1. The molecule has 0 spiro atoms. The van der Waals surface area contributed by atoms with Crippen molar-refractivity contribution in [2.45, 2.75) is 29.6 Å². The molecule has 2 aromatic rings. The Morgan fingerprint density at radius 2 is 1.74 bits per heavy atom. The molecule has 188 valence electrons. The number of aliphatic hydroxyl groups excluding tert-OH is 1. The maximum atomic E-state index is 12.9. The number of methoxy groups -OCH3 is 1. The molecule has 0 aliphatic carbocycles. The highest BCUT2D eigenvalue weighted by molar-refractivity contribution is 7.89. The molecule has 3 atom stereocenters. The van der Waals surface area contributed by atoms with E-state index in [9.17, 15) is 18.3 Å². The average Bonchev–Trinajstić information content (AvgIpc) is 2.90. The Hall–Kier alpha value is -2.92. The number of nitrogens with one attached hydrogen (secondary N) is 1. The number of benzene rings is 2. The number of carbonyl (C=O) groups excluding carboxylic acids is 1. The van der Waals surface area contributed by atoms with Gasteiger partial charge in [0.15, 0.2) is 0 Å². The number of para-hydroxylation sites is 1. The molecule has 1 fully saturated rings. The number of anilines is 1. The predicted octanol–water partition coefficient (Wildman–Crippen LogP) is 1.40. The van der Waals surface area contributed by atoms with Crippen LogP contribution in [0.25, 0.3) is 0 Å². The van der Waals surface area contributed by atoms with Crippen molar-refractivity contribution in [2.75, 3.05) is 44.8 Å². The van der Waals surface area contributed by atoms with E-state index in [0.717, 1.165) is 18.8 Å². The molecule has 2 N–H and O–H groups in total. The first kappa shape index (κ1) is 25.2. The van der Waals surface area contributed by atoms with Gasteiger partial charge in [-0.05, 0) is 36.4 Å². The molecule has 1 saturated heterocycles. The monoisotopic (exact) mass is 501 g/mol. The van der Waals surface area contributed by atoms with E-state index in [1.54, 1.807) is 24.3 Å². The zero-order chi connectivity index (χ0) is 24.8. The van der Waals surface area contributed by atoms with Gasteiger partial charge in [-0.25, -0.2) is 13.1 Å². The smallest absolute Gasteiger partial charge is 0.241 e. The fourth-order valence-corrected chi connectivity index (χ4v) is 5.49. The Kier molecular flexibility index (Phi) is 8.07. The van der Waals surface area contributed by atoms with E-state index < -0.39 is 28.3 Å². The molecule has 0 saturated carbocycles. The van der Waals surface area contributed by atoms with Crippen LogP contribution in [0.5, 0.6) is 5.75 Å². The summed E-state index contributed by atoms with van der Waals surface area (Å²) in [6.07, 6.45) is 2.13. The number of nitrogens with zero attached hydrogens (tertiary/aromatic N) is 2. The molecule has 0 aromatic heterocycles. The normalized spacial score (nSPS) is 22.7. The lowest BCUT2D eigenvalue weighted by atomic mass is 10.1. The fourth-order valence-electron chi connectivity index (χ4n) is 4.27. The van der Waals surface area contributed by atoms with Crippen molar-refractivity contribution in [2.24, 2.45) is 0 Å². The number of hydrogen-bond acceptors (Lipinski definition) is 7. The molecule has 0 unspecified atom stereocenters. The largest absolute Gasteiger partial charge is 0.497 e. The summed E-state index contributed by atoms with van der Waals surface area (Å²) in [5.41, 5.74) is 1.15. The molecule has 2 aromatic carbocycles. The second-order valence-electron chi connectivity index (χ2n) is 8.51. The summed E-state index contributed by atoms with van der Waals surface area (Å²) in [5, 5.41) is 9.82. The molecular weight excluding hydrogens is 470 g/mol. The first-order valence-corrected chi connectivity index (χ1v) is 13.1. The van der Waals surface area contributed by atoms with Crippen LogP contribution in [0.4, 0.5) is 5.69 Å². The second-order valence-corrected chi connectivity index (χ2v) is 10.2. The summed E-state index contributed by atoms with van der Waals surface area (Å²) in [5.74, 6) is 0.522. The number of rotatable bonds is 8. The average molecular weight is 502 g/mol. The van der Waals surface area contributed by atoms with Crippen molar-refractivity contribution in [3.05, 3.63) is 66.7 Å². The van der Waals surface area contributed by atoms with Crippen LogP contribution in [0.15, 0.2) is 71.6 Å². The van der Waals surface area contributed by atoms with Gasteiger partial charge in [-0.3, -0.25) is 4.79 Å². The topological polar surface area (TPSA) is 108 Å². The Bertz CT molecular complexity index is 1120. The highest BCUT2D eigenvalue weighted by Gasteiger charge is 2.32. The fraction of sp³-hybridized carbons (Fsp3) is 0.400. The Labute approximate surface area is 206 Å². The molecule has 9 nitrogen and oxygen atoms in total. The van der Waals surface area contributed by atoms with E-state index in [1.165, 1.54) is 19.2 Å². The van der Waals surface area contributed by atoms with Gasteiger partial charge in [0.2, 0.25) is 15.9 Å². The Morgan fingerprint density at radius 3 is 2.37 bits per heavy atom. The van der Waals surface area contributed by atoms with Crippen molar-refractivity contribution < 1.29 is 27.8 Å². The molecule has 2 aliphatic heterocycles. The van der Waals surface area contributed by atoms with Gasteiger partial charge in [0.05, 0.1) is 37.2 Å². The minimum Gasteiger partial charge on any atom is -0.497 e. The van der Waals surface area contributed by atoms with Gasteiger partial charge in [-0.1, -0.05) is 30.4 Å². The molecule has 35 heavy (non-hydrogen) atoms. The summed E-state index contributed by atoms with van der Waals surface area (Å²) >= 11 is 0. The number of carbonyl (C=O) groups is 1. The van der Waals surface area contributed by atoms with Gasteiger partial charge in [-0.2, -0.15) is 0 Å². The molecular formula is C25H31N3O6S. The number of hydrogen-bond donors (Lipinski definition) is 2. The van der Waals surface area contributed by atoms with E-state index in [-0.39, 0.29) is 23.8 Å². The van der Waals surface area contributed by atoms with E-state index in [1.807, 2.05) is 23.1 Å². The van der Waals surface area contributed by atoms with Crippen LogP contribution in [-0.2, 0) is 19.6 Å². The molecule has 10 heteroatoms. The van der Waals surface area contributed by atoms with Crippen molar-refractivity contribution in [3.63, 3.8) is 0 Å². The summed E-state index contributed by atoms with van der Waals surface area (Å²) in [4.78, 5) is 17.0. The second kappa shape index (κ2) is 11.2. The lowest BCUT2D eigenvalue weighted by Gasteiger charge is -2.37. The minimum atomic E-state index is -3.84. The van der Waals surface area contributed by atoms with E-state index in [2.05, 4.69) is 21.8 Å². The Morgan fingerprint density at radius 1 is 1.06 bits per heavy atom. The molecule has 4 rings (SSSR count). The molecule has 1 amide bonds. The van der Waals surface area contributed by atoms with E-state index >= 15 is 0 Å². The zero-order valence-corrected chi connectivity index (χ0v) is 20.4. The summed E-state index contributed by atoms with van der Waals surface area (Å²) in [6, 6.07) is 15.4. The quantitative estimate of drug-likeness (QED) is 0.527. The van der Waals surface area contributed by atoms with Gasteiger partial charge in [0.25, 0.3) is 0 Å². The predicted molar refractivity (Wildman–Crippen MR) is 132 cm³/mol. The molecule has 0 radical (unpaired) electrons. The summed E-state index contributed by atoms with van der Waals surface area (Å²) in [6.45, 7) is 2.37. The molecule has 2 heterocycles. The third-order valence-electron chi connectivity index (χ3n) is 6.25. The number of sulfonamides is 1. The van der Waals surface area contributed by atoms with E-state index in [4.69, 9.17) is 9.47 Å². The van der Waals surface area contributed by atoms with Crippen LogP contribution in [0, 0.1) is 0 Å². The first-order chi connectivity index (χ1) is 16.9. The number of aliphatic hydroxyl groups is 1. The van der Waals surface area contributed by atoms with Gasteiger partial charge in [0.1, 0.15) is 11.9 Å². The number of amides is 1. The maximum absolute atomic E-state index is 12.9. The van der Waals surface area contributed by atoms with Crippen LogP contribution in [-0.4, -0.2) is 82.5 Å². The van der Waals surface area contributed by atoms with Gasteiger partial charge >= 0.3 is 0 Å². The van der Waals surface area contributed by atoms with Gasteiger partial charge in [-0.15, -0.1) is 0 Å². The summed E-state index contributed by atoms with van der Waals surface area (Å²) in [7, 11) is -2.34. The van der Waals surface area contributed by atoms with Crippen molar-refractivity contribution in [1.82, 2.24) is 9.62 Å². The maximum Gasteiger partial charge on any atom is 0.241 e. The van der Waals surface area contributed by atoms with Crippen LogP contribution in [0.2, 0.25) is 0 Å². The van der Waals surface area contributed by atoms with Crippen molar-refractivity contribution >= 4 is 21.6 Å². The standard InChI is InChI=1S/C25H31N3O6S/c1-33-20-7-10-22(11-8-20)35(31,32)26-23-12-9-21(34-24(23)18-29)17-25(30)28-15-13-27(14-16-28)19-5-3-2-4-6-19/h2-12,21,23-24,26,29H,13-18H2,1H3/t21-,23-,24-/m1/s1.